The van der Waals surface area contributed by atoms with E-state index in [9.17, 15) is 23.5 Å². The third-order valence-electron chi connectivity index (χ3n) is 2.38. The van der Waals surface area contributed by atoms with Gasteiger partial charge in [-0.15, -0.1) is 0 Å². The van der Waals surface area contributed by atoms with E-state index in [1.54, 1.807) is 0 Å². The second kappa shape index (κ2) is 3.01. The van der Waals surface area contributed by atoms with E-state index < -0.39 is 21.0 Å². The van der Waals surface area contributed by atoms with Crippen molar-refractivity contribution < 1.29 is 23.5 Å². The second-order valence-electron chi connectivity index (χ2n) is 3.32. The first kappa shape index (κ1) is 11.0. The molecule has 1 aromatic rings. The van der Waals surface area contributed by atoms with Gasteiger partial charge in [0.1, 0.15) is 0 Å². The molecule has 1 heterocycles. The van der Waals surface area contributed by atoms with Gasteiger partial charge in [0.05, 0.1) is 5.56 Å². The number of hydroxylamine groups is 2. The summed E-state index contributed by atoms with van der Waals surface area (Å²) in [5, 5.41) is 20.8. The van der Waals surface area contributed by atoms with Gasteiger partial charge in [0, 0.05) is 5.56 Å². The molecule has 0 saturated carbocycles. The summed E-state index contributed by atoms with van der Waals surface area (Å²) < 4.78 is 22.5. The molecular weight excluding hydrogens is 236 g/mol. The van der Waals surface area contributed by atoms with Crippen LogP contribution in [-0.4, -0.2) is 29.7 Å². The zero-order valence-electron chi connectivity index (χ0n) is 7.86. The minimum Gasteiger partial charge on any atom is -0.352 e. The molecule has 0 radical (unpaired) electrons. The molecule has 1 aromatic carbocycles. The molecule has 0 fully saturated rings. The molecule has 1 unspecified atom stereocenters. The van der Waals surface area contributed by atoms with E-state index in [1.165, 1.54) is 24.3 Å². The van der Waals surface area contributed by atoms with E-state index >= 15 is 0 Å². The number of nitrogens with two attached hydrogens (primary N) is 1. The van der Waals surface area contributed by atoms with E-state index in [0.717, 1.165) is 0 Å². The number of primary sulfonamides is 1. The van der Waals surface area contributed by atoms with Gasteiger partial charge in [0.2, 0.25) is 0 Å². The van der Waals surface area contributed by atoms with Crippen LogP contribution in [0.15, 0.2) is 24.3 Å². The summed E-state index contributed by atoms with van der Waals surface area (Å²) in [5.74, 6) is -1.02. The number of benzene rings is 1. The maximum atomic E-state index is 11.5. The van der Waals surface area contributed by atoms with Crippen molar-refractivity contribution in [1.29, 1.82) is 0 Å². The van der Waals surface area contributed by atoms with Gasteiger partial charge < -0.3 is 5.11 Å². The van der Waals surface area contributed by atoms with Crippen LogP contribution in [0.5, 0.6) is 0 Å². The van der Waals surface area contributed by atoms with Gasteiger partial charge in [0.25, 0.3) is 15.9 Å². The van der Waals surface area contributed by atoms with Gasteiger partial charge in [-0.25, -0.2) is 13.6 Å². The van der Waals surface area contributed by atoms with Crippen LogP contribution in [0.2, 0.25) is 0 Å². The Morgan fingerprint density at radius 2 is 1.88 bits per heavy atom. The van der Waals surface area contributed by atoms with Gasteiger partial charge in [-0.1, -0.05) is 18.2 Å². The third-order valence-corrected chi connectivity index (χ3v) is 3.57. The first-order valence-corrected chi connectivity index (χ1v) is 5.72. The zero-order chi connectivity index (χ0) is 12.1. The fraction of sp³-hybridized carbons (Fsp3) is 0.125. The molecule has 0 aliphatic carbocycles. The second-order valence-corrected chi connectivity index (χ2v) is 4.98. The number of carbonyl (C=O) groups excluding carboxylic acids is 1. The van der Waals surface area contributed by atoms with Crippen molar-refractivity contribution >= 4 is 15.9 Å². The Morgan fingerprint density at radius 3 is 2.44 bits per heavy atom. The number of fused-ring (bicyclic) bond motifs is 1. The lowest BCUT2D eigenvalue weighted by Gasteiger charge is -2.26. The lowest BCUT2D eigenvalue weighted by molar-refractivity contribution is -0.178. The van der Waals surface area contributed by atoms with E-state index in [4.69, 9.17) is 5.14 Å². The average molecular weight is 244 g/mol. The summed E-state index contributed by atoms with van der Waals surface area (Å²) in [6, 6.07) is 5.37. The van der Waals surface area contributed by atoms with E-state index in [2.05, 4.69) is 0 Å². The minimum absolute atomic E-state index is 0.110. The quantitative estimate of drug-likeness (QED) is 0.543. The number of nitrogens with zero attached hydrogens (tertiary/aromatic N) is 1. The predicted octanol–water partition coefficient (Wildman–Crippen LogP) is -1.08. The van der Waals surface area contributed by atoms with E-state index in [1.807, 2.05) is 0 Å². The normalized spacial score (nSPS) is 24.7. The Hall–Kier alpha value is -1.48. The van der Waals surface area contributed by atoms with Crippen molar-refractivity contribution in [1.82, 2.24) is 5.06 Å². The average Bonchev–Trinajstić information content (AvgIpc) is 2.42. The molecule has 8 heteroatoms. The molecule has 4 N–H and O–H groups in total. The molecule has 1 aliphatic heterocycles. The lowest BCUT2D eigenvalue weighted by Crippen LogP contribution is -2.50. The summed E-state index contributed by atoms with van der Waals surface area (Å²) in [6.07, 6.45) is 0. The highest BCUT2D eigenvalue weighted by Gasteiger charge is 2.56. The van der Waals surface area contributed by atoms with E-state index in [-0.39, 0.29) is 16.2 Å². The molecule has 1 aliphatic rings. The van der Waals surface area contributed by atoms with Crippen molar-refractivity contribution in [2.75, 3.05) is 0 Å². The van der Waals surface area contributed by atoms with Gasteiger partial charge in [-0.3, -0.25) is 10.0 Å². The number of rotatable bonds is 1. The van der Waals surface area contributed by atoms with Gasteiger partial charge in [-0.05, 0) is 6.07 Å². The standard InChI is InChI=1S/C8H8N2O5S/c9-16(14,15)8(12)6-4-2-1-3-5(6)7(11)10(8)13/h1-4,12-13H,(H2,9,14,15). The lowest BCUT2D eigenvalue weighted by atomic mass is 10.1. The number of aliphatic hydroxyl groups is 1. The molecule has 1 amide bonds. The van der Waals surface area contributed by atoms with Crippen molar-refractivity contribution in [3.8, 4) is 0 Å². The highest BCUT2D eigenvalue weighted by atomic mass is 32.2. The van der Waals surface area contributed by atoms with E-state index in [0.29, 0.717) is 0 Å². The van der Waals surface area contributed by atoms with Crippen LogP contribution in [0.25, 0.3) is 0 Å². The molecular formula is C8H8N2O5S. The van der Waals surface area contributed by atoms with Crippen LogP contribution in [-0.2, 0) is 15.1 Å². The summed E-state index contributed by atoms with van der Waals surface area (Å²) in [6.45, 7) is 0. The highest BCUT2D eigenvalue weighted by Crippen LogP contribution is 2.38. The molecule has 7 nitrogen and oxygen atoms in total. The smallest absolute Gasteiger partial charge is 0.309 e. The largest absolute Gasteiger partial charge is 0.352 e. The molecule has 86 valence electrons. The maximum absolute atomic E-state index is 11.5. The molecule has 16 heavy (non-hydrogen) atoms. The predicted molar refractivity (Wildman–Crippen MR) is 51.4 cm³/mol. The van der Waals surface area contributed by atoms with Crippen LogP contribution in [0.1, 0.15) is 15.9 Å². The number of hydrogen-bond acceptors (Lipinski definition) is 5. The third kappa shape index (κ3) is 1.12. The number of carbonyl (C=O) groups is 1. The van der Waals surface area contributed by atoms with Crippen molar-refractivity contribution in [2.24, 2.45) is 5.14 Å². The number of sulfonamides is 1. The molecule has 2 rings (SSSR count). The molecule has 0 bridgehead atoms. The minimum atomic E-state index is -4.59. The molecule has 0 spiro atoms. The van der Waals surface area contributed by atoms with Gasteiger partial charge >= 0.3 is 5.06 Å². The van der Waals surface area contributed by atoms with Crippen molar-refractivity contribution in [3.05, 3.63) is 35.4 Å². The van der Waals surface area contributed by atoms with Crippen molar-refractivity contribution in [2.45, 2.75) is 5.06 Å². The van der Waals surface area contributed by atoms with Crippen LogP contribution >= 0.6 is 0 Å². The Kier molecular flexibility index (Phi) is 2.08. The Balaban J connectivity index is 2.81. The molecule has 0 aromatic heterocycles. The fourth-order valence-corrected chi connectivity index (χ4v) is 2.40. The first-order chi connectivity index (χ1) is 7.30. The topological polar surface area (TPSA) is 121 Å². The summed E-state index contributed by atoms with van der Waals surface area (Å²) in [7, 11) is -4.59. The fourth-order valence-electron chi connectivity index (χ4n) is 1.59. The van der Waals surface area contributed by atoms with Gasteiger partial charge in [-0.2, -0.15) is 5.06 Å². The van der Waals surface area contributed by atoms with Crippen LogP contribution < -0.4 is 5.14 Å². The highest BCUT2D eigenvalue weighted by molar-refractivity contribution is 7.89. The van der Waals surface area contributed by atoms with Crippen molar-refractivity contribution in [3.63, 3.8) is 0 Å². The first-order valence-electron chi connectivity index (χ1n) is 4.18. The van der Waals surface area contributed by atoms with Crippen LogP contribution in [0.4, 0.5) is 0 Å². The summed E-state index contributed by atoms with van der Waals surface area (Å²) >= 11 is 0. The van der Waals surface area contributed by atoms with Crippen LogP contribution in [0, 0.1) is 0 Å². The molecule has 1 atom stereocenters. The Labute approximate surface area is 90.7 Å². The Morgan fingerprint density at radius 1 is 1.31 bits per heavy atom. The summed E-state index contributed by atoms with van der Waals surface area (Å²) in [5.41, 5.74) is -0.369. The van der Waals surface area contributed by atoms with Crippen LogP contribution in [0.3, 0.4) is 0 Å². The summed E-state index contributed by atoms with van der Waals surface area (Å²) in [4.78, 5) is 11.5. The number of hydrogen-bond donors (Lipinski definition) is 3. The SMILES string of the molecule is NS(=O)(=O)C1(O)c2ccccc2C(=O)N1O. The molecule has 0 saturated heterocycles. The van der Waals surface area contributed by atoms with Gasteiger partial charge in [0.15, 0.2) is 0 Å². The zero-order valence-corrected chi connectivity index (χ0v) is 8.68. The Bertz CT molecular complexity index is 570. The number of amides is 1. The monoisotopic (exact) mass is 244 g/mol. The maximum Gasteiger partial charge on any atom is 0.309 e.